The Balaban J connectivity index is 1.90. The molecule has 0 unspecified atom stereocenters. The predicted octanol–water partition coefficient (Wildman–Crippen LogP) is 3.29. The first-order valence-electron chi connectivity index (χ1n) is 6.68. The summed E-state index contributed by atoms with van der Waals surface area (Å²) in [4.78, 5) is 1.21. The highest BCUT2D eigenvalue weighted by atomic mass is 32.2. The lowest BCUT2D eigenvalue weighted by Gasteiger charge is -2.13. The standard InChI is InChI=1S/C16H21NOS/c1-12(2)17-10-15(18)11-19-16-8-7-13-5-3-4-6-14(13)9-16/h3-9,12,15,17-18H,10-11H2,1-2H3/t15-/m1/s1. The van der Waals surface area contributed by atoms with Crippen LogP contribution in [-0.2, 0) is 0 Å². The van der Waals surface area contributed by atoms with Gasteiger partial charge in [-0.3, -0.25) is 0 Å². The van der Waals surface area contributed by atoms with Crippen LogP contribution in [-0.4, -0.2) is 29.5 Å². The molecule has 0 bridgehead atoms. The monoisotopic (exact) mass is 275 g/mol. The van der Waals surface area contributed by atoms with E-state index < -0.39 is 0 Å². The molecule has 0 aliphatic carbocycles. The molecular formula is C16H21NOS. The summed E-state index contributed by atoms with van der Waals surface area (Å²) in [7, 11) is 0. The minimum atomic E-state index is -0.307. The van der Waals surface area contributed by atoms with E-state index in [9.17, 15) is 5.11 Å². The minimum absolute atomic E-state index is 0.307. The van der Waals surface area contributed by atoms with E-state index in [1.807, 2.05) is 0 Å². The van der Waals surface area contributed by atoms with Gasteiger partial charge >= 0.3 is 0 Å². The maximum atomic E-state index is 9.89. The number of rotatable bonds is 6. The van der Waals surface area contributed by atoms with E-state index in [0.717, 1.165) is 5.75 Å². The molecule has 0 amide bonds. The van der Waals surface area contributed by atoms with Gasteiger partial charge in [-0.15, -0.1) is 11.8 Å². The van der Waals surface area contributed by atoms with Crippen LogP contribution in [0.15, 0.2) is 47.4 Å². The maximum absolute atomic E-state index is 9.89. The molecule has 2 N–H and O–H groups in total. The first-order valence-corrected chi connectivity index (χ1v) is 7.67. The Kier molecular flexibility index (Phi) is 5.25. The Morgan fingerprint density at radius 3 is 2.58 bits per heavy atom. The number of thioether (sulfide) groups is 1. The van der Waals surface area contributed by atoms with Gasteiger partial charge in [-0.05, 0) is 22.9 Å². The molecule has 0 radical (unpaired) electrons. The van der Waals surface area contributed by atoms with Gasteiger partial charge in [0.25, 0.3) is 0 Å². The van der Waals surface area contributed by atoms with Gasteiger partial charge in [0.2, 0.25) is 0 Å². The fourth-order valence-electron chi connectivity index (χ4n) is 1.88. The van der Waals surface area contributed by atoms with Crippen LogP contribution < -0.4 is 5.32 Å². The van der Waals surface area contributed by atoms with E-state index in [1.165, 1.54) is 15.7 Å². The third kappa shape index (κ3) is 4.53. The van der Waals surface area contributed by atoms with E-state index in [2.05, 4.69) is 61.6 Å². The summed E-state index contributed by atoms with van der Waals surface area (Å²) in [6.07, 6.45) is -0.307. The Bertz CT molecular complexity index is 527. The third-order valence-electron chi connectivity index (χ3n) is 2.93. The van der Waals surface area contributed by atoms with Gasteiger partial charge < -0.3 is 10.4 Å². The Hall–Kier alpha value is -1.03. The number of fused-ring (bicyclic) bond motifs is 1. The number of aliphatic hydroxyl groups excluding tert-OH is 1. The average molecular weight is 275 g/mol. The summed E-state index contributed by atoms with van der Waals surface area (Å²) in [6.45, 7) is 4.82. The molecule has 2 aromatic rings. The molecule has 0 aliphatic heterocycles. The van der Waals surface area contributed by atoms with Crippen molar-refractivity contribution in [3.05, 3.63) is 42.5 Å². The highest BCUT2D eigenvalue weighted by Gasteiger charge is 2.06. The van der Waals surface area contributed by atoms with E-state index >= 15 is 0 Å². The van der Waals surface area contributed by atoms with E-state index in [-0.39, 0.29) is 6.10 Å². The largest absolute Gasteiger partial charge is 0.391 e. The van der Waals surface area contributed by atoms with Gasteiger partial charge in [-0.25, -0.2) is 0 Å². The molecule has 2 nitrogen and oxygen atoms in total. The SMILES string of the molecule is CC(C)NC[C@@H](O)CSc1ccc2ccccc2c1. The second-order valence-corrected chi connectivity index (χ2v) is 6.13. The summed E-state index contributed by atoms with van der Waals surface area (Å²) in [5.74, 6) is 0.720. The summed E-state index contributed by atoms with van der Waals surface area (Å²) < 4.78 is 0. The second kappa shape index (κ2) is 6.94. The van der Waals surface area contributed by atoms with Crippen LogP contribution in [0.3, 0.4) is 0 Å². The molecule has 102 valence electrons. The summed E-state index contributed by atoms with van der Waals surface area (Å²) in [6, 6.07) is 15.2. The lowest BCUT2D eigenvalue weighted by Crippen LogP contribution is -2.33. The van der Waals surface area contributed by atoms with Gasteiger partial charge in [0.15, 0.2) is 0 Å². The second-order valence-electron chi connectivity index (χ2n) is 5.04. The van der Waals surface area contributed by atoms with Crippen molar-refractivity contribution in [1.29, 1.82) is 0 Å². The van der Waals surface area contributed by atoms with Gasteiger partial charge in [-0.2, -0.15) is 0 Å². The van der Waals surface area contributed by atoms with Crippen molar-refractivity contribution in [2.24, 2.45) is 0 Å². The number of hydrogen-bond acceptors (Lipinski definition) is 3. The number of nitrogens with one attached hydrogen (secondary N) is 1. The smallest absolute Gasteiger partial charge is 0.0758 e. The molecule has 0 aliphatic rings. The minimum Gasteiger partial charge on any atom is -0.391 e. The Labute approximate surface area is 119 Å². The van der Waals surface area contributed by atoms with Crippen molar-refractivity contribution in [1.82, 2.24) is 5.32 Å². The van der Waals surface area contributed by atoms with E-state index in [4.69, 9.17) is 0 Å². The van der Waals surface area contributed by atoms with Crippen LogP contribution in [0.1, 0.15) is 13.8 Å². The fraction of sp³-hybridized carbons (Fsp3) is 0.375. The lowest BCUT2D eigenvalue weighted by atomic mass is 10.1. The molecule has 0 saturated carbocycles. The molecule has 0 fully saturated rings. The molecule has 0 spiro atoms. The van der Waals surface area contributed by atoms with Crippen molar-refractivity contribution in [2.75, 3.05) is 12.3 Å². The Morgan fingerprint density at radius 1 is 1.11 bits per heavy atom. The van der Waals surface area contributed by atoms with Crippen molar-refractivity contribution < 1.29 is 5.11 Å². The predicted molar refractivity (Wildman–Crippen MR) is 83.8 cm³/mol. The van der Waals surface area contributed by atoms with Gasteiger partial charge in [-0.1, -0.05) is 44.2 Å². The molecular weight excluding hydrogens is 254 g/mol. The van der Waals surface area contributed by atoms with Gasteiger partial charge in [0, 0.05) is 23.2 Å². The zero-order valence-electron chi connectivity index (χ0n) is 11.5. The van der Waals surface area contributed by atoms with Crippen LogP contribution in [0.5, 0.6) is 0 Å². The van der Waals surface area contributed by atoms with Crippen molar-refractivity contribution >= 4 is 22.5 Å². The number of benzene rings is 2. The highest BCUT2D eigenvalue weighted by Crippen LogP contribution is 2.24. The normalized spacial score (nSPS) is 13.1. The van der Waals surface area contributed by atoms with Crippen molar-refractivity contribution in [2.45, 2.75) is 30.9 Å². The molecule has 2 rings (SSSR count). The maximum Gasteiger partial charge on any atom is 0.0758 e. The number of aliphatic hydroxyl groups is 1. The topological polar surface area (TPSA) is 32.3 Å². The molecule has 2 aromatic carbocycles. The first-order chi connectivity index (χ1) is 9.15. The summed E-state index contributed by atoms with van der Waals surface area (Å²) >= 11 is 1.71. The first kappa shape index (κ1) is 14.4. The zero-order valence-corrected chi connectivity index (χ0v) is 12.3. The van der Waals surface area contributed by atoms with Crippen LogP contribution >= 0.6 is 11.8 Å². The molecule has 19 heavy (non-hydrogen) atoms. The molecule has 1 atom stereocenters. The summed E-state index contributed by atoms with van der Waals surface area (Å²) in [5.41, 5.74) is 0. The highest BCUT2D eigenvalue weighted by molar-refractivity contribution is 7.99. The Morgan fingerprint density at radius 2 is 1.84 bits per heavy atom. The quantitative estimate of drug-likeness (QED) is 0.794. The molecule has 0 aromatic heterocycles. The lowest BCUT2D eigenvalue weighted by molar-refractivity contribution is 0.192. The van der Waals surface area contributed by atoms with Crippen LogP contribution in [0, 0.1) is 0 Å². The fourth-order valence-corrected chi connectivity index (χ4v) is 2.76. The van der Waals surface area contributed by atoms with E-state index in [0.29, 0.717) is 12.6 Å². The number of hydrogen-bond donors (Lipinski definition) is 2. The van der Waals surface area contributed by atoms with Gasteiger partial charge in [0.1, 0.15) is 0 Å². The van der Waals surface area contributed by atoms with Crippen LogP contribution in [0.4, 0.5) is 0 Å². The van der Waals surface area contributed by atoms with Crippen LogP contribution in [0.25, 0.3) is 10.8 Å². The molecule has 0 saturated heterocycles. The van der Waals surface area contributed by atoms with Crippen molar-refractivity contribution in [3.63, 3.8) is 0 Å². The van der Waals surface area contributed by atoms with Crippen molar-refractivity contribution in [3.8, 4) is 0 Å². The van der Waals surface area contributed by atoms with Crippen LogP contribution in [0.2, 0.25) is 0 Å². The summed E-state index contributed by atoms with van der Waals surface area (Å²) in [5, 5.41) is 15.6. The average Bonchev–Trinajstić information content (AvgIpc) is 2.42. The third-order valence-corrected chi connectivity index (χ3v) is 4.06. The molecule has 3 heteroatoms. The van der Waals surface area contributed by atoms with Gasteiger partial charge in [0.05, 0.1) is 6.10 Å². The van der Waals surface area contributed by atoms with E-state index in [1.54, 1.807) is 11.8 Å². The zero-order chi connectivity index (χ0) is 13.7. The molecule has 0 heterocycles.